The lowest BCUT2D eigenvalue weighted by Crippen LogP contribution is -2.40. The summed E-state index contributed by atoms with van der Waals surface area (Å²) in [5.41, 5.74) is -3.75. The summed E-state index contributed by atoms with van der Waals surface area (Å²) < 4.78 is 83.6. The van der Waals surface area contributed by atoms with E-state index < -0.39 is 35.0 Å². The number of halogens is 6. The Bertz CT molecular complexity index is 823. The number of likely N-dealkylation sites (tertiary alicyclic amines) is 1. The summed E-state index contributed by atoms with van der Waals surface area (Å²) in [5, 5.41) is 2.47. The van der Waals surface area contributed by atoms with Crippen LogP contribution < -0.4 is 5.32 Å². The molecule has 1 atom stereocenters. The van der Waals surface area contributed by atoms with Crippen molar-refractivity contribution in [2.75, 3.05) is 19.6 Å². The standard InChI is InChI=1S/C20H20F6N2O2/c21-19(22,23)14-9-13(10-15(11-14)20(24,25)26)18(29)27-12-16(17-5-4-8-30-17)28-6-2-1-3-7-28/h4-5,8-11,16H,1-3,6-7,12H2,(H,27,29). The molecule has 1 aliphatic heterocycles. The van der Waals surface area contributed by atoms with E-state index in [1.807, 2.05) is 0 Å². The van der Waals surface area contributed by atoms with Gasteiger partial charge in [0.05, 0.1) is 23.4 Å². The molecule has 0 radical (unpaired) electrons. The molecule has 2 heterocycles. The molecular formula is C20H20F6N2O2. The molecule has 30 heavy (non-hydrogen) atoms. The van der Waals surface area contributed by atoms with Gasteiger partial charge in [-0.3, -0.25) is 9.69 Å². The van der Waals surface area contributed by atoms with Crippen LogP contribution in [0, 0.1) is 0 Å². The fourth-order valence-electron chi connectivity index (χ4n) is 3.50. The predicted octanol–water partition coefficient (Wildman–Crippen LogP) is 5.27. The third-order valence-corrected chi connectivity index (χ3v) is 5.01. The van der Waals surface area contributed by atoms with Crippen LogP contribution >= 0.6 is 0 Å². The van der Waals surface area contributed by atoms with Crippen molar-refractivity contribution in [2.24, 2.45) is 0 Å². The summed E-state index contributed by atoms with van der Waals surface area (Å²) in [4.78, 5) is 14.5. The van der Waals surface area contributed by atoms with Gasteiger partial charge < -0.3 is 9.73 Å². The maximum absolute atomic E-state index is 13.0. The Balaban J connectivity index is 1.81. The second kappa shape index (κ2) is 8.71. The van der Waals surface area contributed by atoms with Crippen LogP contribution in [0.3, 0.4) is 0 Å². The highest BCUT2D eigenvalue weighted by atomic mass is 19.4. The van der Waals surface area contributed by atoms with Crippen molar-refractivity contribution in [3.05, 3.63) is 59.0 Å². The Morgan fingerprint density at radius 1 is 1.00 bits per heavy atom. The first-order valence-electron chi connectivity index (χ1n) is 9.41. The Labute approximate surface area is 168 Å². The largest absolute Gasteiger partial charge is 0.468 e. The fourth-order valence-corrected chi connectivity index (χ4v) is 3.50. The van der Waals surface area contributed by atoms with Gasteiger partial charge in [-0.05, 0) is 56.3 Å². The van der Waals surface area contributed by atoms with Gasteiger partial charge in [-0.2, -0.15) is 26.3 Å². The molecule has 0 aliphatic carbocycles. The van der Waals surface area contributed by atoms with Gasteiger partial charge in [-0.15, -0.1) is 0 Å². The van der Waals surface area contributed by atoms with Crippen molar-refractivity contribution in [1.29, 1.82) is 0 Å². The van der Waals surface area contributed by atoms with Gasteiger partial charge in [0.15, 0.2) is 0 Å². The van der Waals surface area contributed by atoms with Gasteiger partial charge in [-0.25, -0.2) is 0 Å². The van der Waals surface area contributed by atoms with Crippen LogP contribution in [0.1, 0.15) is 52.5 Å². The van der Waals surface area contributed by atoms with Gasteiger partial charge in [0.2, 0.25) is 0 Å². The summed E-state index contributed by atoms with van der Waals surface area (Å²) in [6, 6.07) is 3.88. The van der Waals surface area contributed by atoms with Crippen LogP contribution in [-0.4, -0.2) is 30.4 Å². The molecular weight excluding hydrogens is 414 g/mol. The number of carbonyl (C=O) groups excluding carboxylic acids is 1. The molecule has 1 unspecified atom stereocenters. The maximum Gasteiger partial charge on any atom is 0.416 e. The number of hydrogen-bond acceptors (Lipinski definition) is 3. The Kier molecular flexibility index (Phi) is 6.44. The molecule has 1 saturated heterocycles. The molecule has 0 spiro atoms. The van der Waals surface area contributed by atoms with Crippen molar-refractivity contribution >= 4 is 5.91 Å². The highest BCUT2D eigenvalue weighted by molar-refractivity contribution is 5.94. The number of carbonyl (C=O) groups is 1. The zero-order valence-electron chi connectivity index (χ0n) is 15.8. The van der Waals surface area contributed by atoms with E-state index in [1.165, 1.54) is 6.26 Å². The third kappa shape index (κ3) is 5.35. The molecule has 2 aromatic rings. The number of nitrogens with zero attached hydrogens (tertiary/aromatic N) is 1. The van der Waals surface area contributed by atoms with E-state index >= 15 is 0 Å². The predicted molar refractivity (Wildman–Crippen MR) is 95.7 cm³/mol. The first-order chi connectivity index (χ1) is 14.1. The van der Waals surface area contributed by atoms with E-state index in [1.54, 1.807) is 12.1 Å². The number of nitrogens with one attached hydrogen (secondary N) is 1. The average Bonchev–Trinajstić information content (AvgIpc) is 3.21. The van der Waals surface area contributed by atoms with Crippen molar-refractivity contribution in [2.45, 2.75) is 37.7 Å². The van der Waals surface area contributed by atoms with E-state index in [4.69, 9.17) is 4.42 Å². The Hall–Kier alpha value is -2.49. The fraction of sp³-hybridized carbons (Fsp3) is 0.450. The van der Waals surface area contributed by atoms with E-state index in [0.717, 1.165) is 32.4 Å². The van der Waals surface area contributed by atoms with Crippen molar-refractivity contribution in [3.63, 3.8) is 0 Å². The number of rotatable bonds is 5. The minimum Gasteiger partial charge on any atom is -0.468 e. The lowest BCUT2D eigenvalue weighted by molar-refractivity contribution is -0.143. The number of amides is 1. The molecule has 0 saturated carbocycles. The Morgan fingerprint density at radius 2 is 1.60 bits per heavy atom. The number of hydrogen-bond donors (Lipinski definition) is 1. The molecule has 1 aromatic heterocycles. The molecule has 0 bridgehead atoms. The molecule has 1 amide bonds. The monoisotopic (exact) mass is 434 g/mol. The quantitative estimate of drug-likeness (QED) is 0.652. The van der Waals surface area contributed by atoms with Gasteiger partial charge in [0, 0.05) is 12.1 Å². The van der Waals surface area contributed by atoms with E-state index in [-0.39, 0.29) is 18.7 Å². The van der Waals surface area contributed by atoms with E-state index in [2.05, 4.69) is 10.2 Å². The van der Waals surface area contributed by atoms with Crippen LogP contribution in [0.4, 0.5) is 26.3 Å². The molecule has 1 aliphatic rings. The second-order valence-corrected chi connectivity index (χ2v) is 7.13. The maximum atomic E-state index is 13.0. The summed E-state index contributed by atoms with van der Waals surface area (Å²) in [6.07, 6.45) is -5.59. The first-order valence-corrected chi connectivity index (χ1v) is 9.41. The summed E-state index contributed by atoms with van der Waals surface area (Å²) >= 11 is 0. The van der Waals surface area contributed by atoms with Gasteiger partial charge in [0.25, 0.3) is 5.91 Å². The highest BCUT2D eigenvalue weighted by Gasteiger charge is 2.37. The average molecular weight is 434 g/mol. The normalized spacial score (nSPS) is 17.0. The lowest BCUT2D eigenvalue weighted by atomic mass is 10.0. The van der Waals surface area contributed by atoms with Crippen LogP contribution in [0.2, 0.25) is 0 Å². The minimum absolute atomic E-state index is 0.00381. The van der Waals surface area contributed by atoms with E-state index in [9.17, 15) is 31.1 Å². The molecule has 1 N–H and O–H groups in total. The Morgan fingerprint density at radius 3 is 2.10 bits per heavy atom. The van der Waals surface area contributed by atoms with Gasteiger partial charge in [-0.1, -0.05) is 6.42 Å². The van der Waals surface area contributed by atoms with Gasteiger partial charge in [0.1, 0.15) is 5.76 Å². The SMILES string of the molecule is O=C(NCC(c1ccco1)N1CCCCC1)c1cc(C(F)(F)F)cc(C(F)(F)F)c1. The minimum atomic E-state index is -5.01. The molecule has 4 nitrogen and oxygen atoms in total. The van der Waals surface area contributed by atoms with Crippen LogP contribution in [-0.2, 0) is 12.4 Å². The number of benzene rings is 1. The highest BCUT2D eigenvalue weighted by Crippen LogP contribution is 2.36. The number of alkyl halides is 6. The number of piperidine rings is 1. The summed E-state index contributed by atoms with van der Waals surface area (Å²) in [6.45, 7) is 1.50. The second-order valence-electron chi connectivity index (χ2n) is 7.13. The van der Waals surface area contributed by atoms with Crippen molar-refractivity contribution in [1.82, 2.24) is 10.2 Å². The lowest BCUT2D eigenvalue weighted by Gasteiger charge is -2.33. The molecule has 1 aromatic carbocycles. The third-order valence-electron chi connectivity index (χ3n) is 5.01. The molecule has 164 valence electrons. The zero-order chi connectivity index (χ0) is 21.9. The topological polar surface area (TPSA) is 45.5 Å². The summed E-state index contributed by atoms with van der Waals surface area (Å²) in [5.74, 6) is -0.447. The van der Waals surface area contributed by atoms with Crippen LogP contribution in [0.5, 0.6) is 0 Å². The van der Waals surface area contributed by atoms with Crippen molar-refractivity contribution < 1.29 is 35.6 Å². The first kappa shape index (κ1) is 22.2. The van der Waals surface area contributed by atoms with Crippen molar-refractivity contribution in [3.8, 4) is 0 Å². The molecule has 3 rings (SSSR count). The zero-order valence-corrected chi connectivity index (χ0v) is 15.8. The van der Waals surface area contributed by atoms with Crippen LogP contribution in [0.15, 0.2) is 41.0 Å². The van der Waals surface area contributed by atoms with E-state index in [0.29, 0.717) is 17.9 Å². The van der Waals surface area contributed by atoms with Crippen LogP contribution in [0.25, 0.3) is 0 Å². The molecule has 10 heteroatoms. The smallest absolute Gasteiger partial charge is 0.416 e. The summed E-state index contributed by atoms with van der Waals surface area (Å²) in [7, 11) is 0. The number of furan rings is 1. The van der Waals surface area contributed by atoms with Gasteiger partial charge >= 0.3 is 12.4 Å². The molecule has 1 fully saturated rings.